The average Bonchev–Trinajstić information content (AvgIpc) is 2.85. The van der Waals surface area contributed by atoms with E-state index in [0.29, 0.717) is 24.8 Å². The van der Waals surface area contributed by atoms with Crippen LogP contribution in [0.3, 0.4) is 0 Å². The maximum atomic E-state index is 13.6. The van der Waals surface area contributed by atoms with Gasteiger partial charge in [0.1, 0.15) is 5.82 Å². The lowest BCUT2D eigenvalue weighted by Crippen LogP contribution is -2.59. The number of nitrogens with one attached hydrogen (secondary N) is 1. The number of halogens is 2. The molecule has 0 bridgehead atoms. The van der Waals surface area contributed by atoms with Gasteiger partial charge in [-0.15, -0.1) is 0 Å². The van der Waals surface area contributed by atoms with Crippen molar-refractivity contribution in [3.05, 3.63) is 77.3 Å². The zero-order valence-electron chi connectivity index (χ0n) is 19.4. The fraction of sp³-hybridized carbons (Fsp3) is 0.269. The Morgan fingerprint density at radius 3 is 2.74 bits per heavy atom. The highest BCUT2D eigenvalue weighted by Crippen LogP contribution is 2.30. The zero-order valence-corrected chi connectivity index (χ0v) is 20.2. The van der Waals surface area contributed by atoms with E-state index in [1.807, 2.05) is 31.2 Å². The number of aromatic nitrogens is 2. The fourth-order valence-electron chi connectivity index (χ4n) is 4.00. The van der Waals surface area contributed by atoms with E-state index in [1.165, 1.54) is 12.1 Å². The van der Waals surface area contributed by atoms with Crippen molar-refractivity contribution in [2.75, 3.05) is 23.4 Å². The lowest BCUT2D eigenvalue weighted by atomic mass is 10.1. The molecule has 0 aliphatic carbocycles. The van der Waals surface area contributed by atoms with E-state index in [9.17, 15) is 9.18 Å². The third kappa shape index (κ3) is 5.96. The van der Waals surface area contributed by atoms with Crippen LogP contribution < -0.4 is 10.2 Å². The average molecular weight is 497 g/mol. The molecule has 2 unspecified atom stereocenters. The van der Waals surface area contributed by atoms with Gasteiger partial charge in [-0.1, -0.05) is 36.7 Å². The number of hydrogen-bond donors (Lipinski definition) is 2. The van der Waals surface area contributed by atoms with E-state index in [2.05, 4.69) is 27.1 Å². The van der Waals surface area contributed by atoms with Gasteiger partial charge in [-0.2, -0.15) is 0 Å². The molecule has 0 radical (unpaired) electrons. The van der Waals surface area contributed by atoms with Gasteiger partial charge in [-0.3, -0.25) is 0 Å². The number of morpholine rings is 1. The van der Waals surface area contributed by atoms with Crippen LogP contribution in [0.5, 0.6) is 0 Å². The molecule has 182 valence electrons. The number of hydrogen-bond acceptors (Lipinski definition) is 6. The predicted molar refractivity (Wildman–Crippen MR) is 135 cm³/mol. The molecule has 0 saturated carbocycles. The maximum Gasteiger partial charge on any atom is 0.328 e. The lowest BCUT2D eigenvalue weighted by molar-refractivity contribution is -0.131. The molecular weight excluding hydrogens is 471 g/mol. The highest BCUT2D eigenvalue weighted by atomic mass is 35.5. The van der Waals surface area contributed by atoms with Crippen molar-refractivity contribution in [1.29, 1.82) is 0 Å². The number of rotatable bonds is 7. The molecule has 1 aliphatic heterocycles. The summed E-state index contributed by atoms with van der Waals surface area (Å²) in [7, 11) is 0. The molecule has 7 nitrogen and oxygen atoms in total. The van der Waals surface area contributed by atoms with Crippen LogP contribution in [0.1, 0.15) is 25.8 Å². The van der Waals surface area contributed by atoms with Gasteiger partial charge in [0.25, 0.3) is 0 Å². The first-order chi connectivity index (χ1) is 16.8. The number of benzene rings is 2. The maximum absolute atomic E-state index is 13.6. The van der Waals surface area contributed by atoms with Gasteiger partial charge in [-0.05, 0) is 54.8 Å². The van der Waals surface area contributed by atoms with Crippen molar-refractivity contribution in [3.63, 3.8) is 0 Å². The van der Waals surface area contributed by atoms with Crippen molar-refractivity contribution in [3.8, 4) is 11.1 Å². The Labute approximate surface area is 208 Å². The molecule has 2 N–H and O–H groups in total. The van der Waals surface area contributed by atoms with E-state index in [-0.39, 0.29) is 11.1 Å². The standard InChI is InChI=1S/C26H26ClFN4O3/c1-3-21-15-35-26(2,31-20-8-9-23(28)22(27)12-20)16-32(21)25-29-13-19(14-30-25)18-6-4-5-17(11-18)7-10-24(33)34/h4-14,21,31H,3,15-16H2,1-2H3,(H,33,34). The van der Waals surface area contributed by atoms with Crippen LogP contribution in [-0.4, -0.2) is 46.0 Å². The molecule has 2 heterocycles. The normalized spacial score (nSPS) is 20.2. The smallest absolute Gasteiger partial charge is 0.328 e. The minimum atomic E-state index is -0.997. The summed E-state index contributed by atoms with van der Waals surface area (Å²) < 4.78 is 19.7. The number of anilines is 2. The molecule has 1 saturated heterocycles. The molecule has 4 rings (SSSR count). The van der Waals surface area contributed by atoms with Crippen molar-refractivity contribution in [2.45, 2.75) is 32.0 Å². The second kappa shape index (κ2) is 10.4. The van der Waals surface area contributed by atoms with Crippen LogP contribution in [0.2, 0.25) is 5.02 Å². The number of carboxylic acid groups (broad SMARTS) is 1. The van der Waals surface area contributed by atoms with Gasteiger partial charge in [0.05, 0.1) is 24.2 Å². The van der Waals surface area contributed by atoms with Crippen molar-refractivity contribution < 1.29 is 19.0 Å². The Kier molecular flexibility index (Phi) is 7.33. The molecule has 35 heavy (non-hydrogen) atoms. The highest BCUT2D eigenvalue weighted by Gasteiger charge is 2.38. The summed E-state index contributed by atoms with van der Waals surface area (Å²) in [5, 5.41) is 12.2. The first kappa shape index (κ1) is 24.6. The van der Waals surface area contributed by atoms with Crippen LogP contribution in [0.4, 0.5) is 16.0 Å². The van der Waals surface area contributed by atoms with E-state index in [0.717, 1.165) is 29.2 Å². The summed E-state index contributed by atoms with van der Waals surface area (Å²) in [6.45, 7) is 4.95. The minimum absolute atomic E-state index is 0.0409. The topological polar surface area (TPSA) is 87.6 Å². The van der Waals surface area contributed by atoms with Crippen LogP contribution >= 0.6 is 11.6 Å². The second-order valence-corrected chi connectivity index (χ2v) is 8.96. The molecule has 2 aromatic carbocycles. The monoisotopic (exact) mass is 496 g/mol. The first-order valence-electron chi connectivity index (χ1n) is 11.2. The van der Waals surface area contributed by atoms with Crippen molar-refractivity contribution >= 4 is 35.3 Å². The Morgan fingerprint density at radius 2 is 2.06 bits per heavy atom. The summed E-state index contributed by atoms with van der Waals surface area (Å²) in [4.78, 5) is 22.2. The number of ether oxygens (including phenoxy) is 1. The zero-order chi connectivity index (χ0) is 25.0. The van der Waals surface area contributed by atoms with Gasteiger partial charge in [0, 0.05) is 29.7 Å². The quantitative estimate of drug-likeness (QED) is 0.419. The summed E-state index contributed by atoms with van der Waals surface area (Å²) >= 11 is 5.94. The van der Waals surface area contributed by atoms with Crippen LogP contribution in [-0.2, 0) is 9.53 Å². The van der Waals surface area contributed by atoms with Gasteiger partial charge in [-0.25, -0.2) is 19.2 Å². The number of nitrogens with zero attached hydrogens (tertiary/aromatic N) is 3. The van der Waals surface area contributed by atoms with Gasteiger partial charge >= 0.3 is 5.97 Å². The largest absolute Gasteiger partial charge is 0.478 e. The number of carboxylic acids is 1. The van der Waals surface area contributed by atoms with Crippen molar-refractivity contribution in [1.82, 2.24) is 9.97 Å². The third-order valence-electron chi connectivity index (χ3n) is 5.84. The SMILES string of the molecule is CCC1COC(C)(Nc2ccc(F)c(Cl)c2)CN1c1ncc(-c2cccc(C=CC(=O)O)c2)cn1. The molecule has 2 atom stereocenters. The molecular formula is C26H26ClFN4O3. The highest BCUT2D eigenvalue weighted by molar-refractivity contribution is 6.31. The third-order valence-corrected chi connectivity index (χ3v) is 6.13. The lowest BCUT2D eigenvalue weighted by Gasteiger charge is -2.45. The van der Waals surface area contributed by atoms with Crippen LogP contribution in [0.15, 0.2) is 60.9 Å². The van der Waals surface area contributed by atoms with Gasteiger partial charge in [0.2, 0.25) is 5.95 Å². The Morgan fingerprint density at radius 1 is 1.29 bits per heavy atom. The van der Waals surface area contributed by atoms with E-state index in [1.54, 1.807) is 24.5 Å². The second-order valence-electron chi connectivity index (χ2n) is 8.55. The fourth-order valence-corrected chi connectivity index (χ4v) is 4.19. The summed E-state index contributed by atoms with van der Waals surface area (Å²) in [5.74, 6) is -0.893. The Bertz CT molecular complexity index is 1240. The van der Waals surface area contributed by atoms with Gasteiger partial charge in [0.15, 0.2) is 5.72 Å². The molecule has 0 spiro atoms. The van der Waals surface area contributed by atoms with Crippen molar-refractivity contribution in [2.24, 2.45) is 0 Å². The van der Waals surface area contributed by atoms with E-state index >= 15 is 0 Å². The number of carbonyl (C=O) groups is 1. The molecule has 1 fully saturated rings. The molecule has 3 aromatic rings. The predicted octanol–water partition coefficient (Wildman–Crippen LogP) is 5.48. The van der Waals surface area contributed by atoms with E-state index in [4.69, 9.17) is 21.4 Å². The first-order valence-corrected chi connectivity index (χ1v) is 11.6. The van der Waals surface area contributed by atoms with Crippen LogP contribution in [0.25, 0.3) is 17.2 Å². The summed E-state index contributed by atoms with van der Waals surface area (Å²) in [6, 6.07) is 12.1. The van der Waals surface area contributed by atoms with Gasteiger partial charge < -0.3 is 20.1 Å². The molecule has 0 amide bonds. The molecule has 1 aliphatic rings. The van der Waals surface area contributed by atoms with Crippen LogP contribution in [0, 0.1) is 5.82 Å². The minimum Gasteiger partial charge on any atom is -0.478 e. The summed E-state index contributed by atoms with van der Waals surface area (Å²) in [5.41, 5.74) is 2.37. The van der Waals surface area contributed by atoms with E-state index < -0.39 is 17.5 Å². The Balaban J connectivity index is 1.54. The summed E-state index contributed by atoms with van der Waals surface area (Å²) in [6.07, 6.45) is 7.02. The Hall–Kier alpha value is -3.49. The molecule has 9 heteroatoms. The molecule has 1 aromatic heterocycles. The number of aliphatic carboxylic acids is 1.